The SMILES string of the molecule is COc1cc(-c2cnn(C)c2)ccc1Nc1ncc2ccnc(NC(C)C(C)(C)C)c2n1. The minimum atomic E-state index is 0.0847. The van der Waals surface area contributed by atoms with Gasteiger partial charge in [-0.1, -0.05) is 26.8 Å². The van der Waals surface area contributed by atoms with Crippen LogP contribution in [0.4, 0.5) is 17.5 Å². The Balaban J connectivity index is 1.65. The van der Waals surface area contributed by atoms with Crippen LogP contribution in [0.25, 0.3) is 22.0 Å². The molecule has 0 radical (unpaired) electrons. The van der Waals surface area contributed by atoms with E-state index >= 15 is 0 Å². The van der Waals surface area contributed by atoms with Gasteiger partial charge in [0.05, 0.1) is 19.0 Å². The minimum absolute atomic E-state index is 0.0847. The Hall–Kier alpha value is -3.68. The monoisotopic (exact) mass is 431 g/mol. The van der Waals surface area contributed by atoms with E-state index in [9.17, 15) is 0 Å². The summed E-state index contributed by atoms with van der Waals surface area (Å²) in [6, 6.07) is 8.07. The van der Waals surface area contributed by atoms with Gasteiger partial charge in [-0.05, 0) is 36.1 Å². The van der Waals surface area contributed by atoms with Gasteiger partial charge in [0.15, 0.2) is 5.82 Å². The second-order valence-corrected chi connectivity index (χ2v) is 8.97. The van der Waals surface area contributed by atoms with Gasteiger partial charge in [0.25, 0.3) is 0 Å². The molecule has 4 rings (SSSR count). The van der Waals surface area contributed by atoms with Gasteiger partial charge >= 0.3 is 0 Å². The average molecular weight is 432 g/mol. The Bertz CT molecular complexity index is 1240. The van der Waals surface area contributed by atoms with Crippen LogP contribution < -0.4 is 15.4 Å². The molecule has 0 spiro atoms. The number of aromatic nitrogens is 5. The van der Waals surface area contributed by atoms with Gasteiger partial charge in [0.2, 0.25) is 5.95 Å². The molecule has 166 valence electrons. The molecule has 0 aliphatic rings. The van der Waals surface area contributed by atoms with Crippen molar-refractivity contribution in [2.45, 2.75) is 33.7 Å². The molecular formula is C24H29N7O. The molecule has 1 aromatic carbocycles. The first-order valence-electron chi connectivity index (χ1n) is 10.6. The molecule has 1 unspecified atom stereocenters. The summed E-state index contributed by atoms with van der Waals surface area (Å²) in [5, 5.41) is 12.0. The zero-order chi connectivity index (χ0) is 22.9. The van der Waals surface area contributed by atoms with Crippen molar-refractivity contribution in [1.82, 2.24) is 24.7 Å². The van der Waals surface area contributed by atoms with E-state index in [2.05, 4.69) is 53.4 Å². The Kier molecular flexibility index (Phi) is 5.69. The van der Waals surface area contributed by atoms with Crippen molar-refractivity contribution in [1.29, 1.82) is 0 Å². The Morgan fingerprint density at radius 1 is 1.06 bits per heavy atom. The van der Waals surface area contributed by atoms with Crippen LogP contribution in [0.3, 0.4) is 0 Å². The molecule has 8 nitrogen and oxygen atoms in total. The number of rotatable bonds is 6. The molecule has 0 aliphatic heterocycles. The summed E-state index contributed by atoms with van der Waals surface area (Å²) in [6.07, 6.45) is 7.37. The van der Waals surface area contributed by atoms with E-state index in [1.807, 2.05) is 43.7 Å². The van der Waals surface area contributed by atoms with Crippen molar-refractivity contribution >= 4 is 28.4 Å². The Morgan fingerprint density at radius 2 is 1.88 bits per heavy atom. The smallest absolute Gasteiger partial charge is 0.227 e. The second-order valence-electron chi connectivity index (χ2n) is 8.97. The maximum absolute atomic E-state index is 5.62. The van der Waals surface area contributed by atoms with Crippen LogP contribution in [-0.2, 0) is 7.05 Å². The lowest BCUT2D eigenvalue weighted by molar-refractivity contribution is 0.359. The lowest BCUT2D eigenvalue weighted by Crippen LogP contribution is -2.31. The molecule has 2 N–H and O–H groups in total. The second kappa shape index (κ2) is 8.45. The normalized spacial score (nSPS) is 12.6. The Morgan fingerprint density at radius 3 is 2.56 bits per heavy atom. The third-order valence-corrected chi connectivity index (χ3v) is 5.64. The molecule has 0 amide bonds. The van der Waals surface area contributed by atoms with Crippen LogP contribution in [0, 0.1) is 5.41 Å². The fourth-order valence-corrected chi connectivity index (χ4v) is 3.21. The molecule has 0 saturated carbocycles. The maximum atomic E-state index is 5.62. The number of hydrogen-bond donors (Lipinski definition) is 2. The average Bonchev–Trinajstić information content (AvgIpc) is 3.20. The molecular weight excluding hydrogens is 402 g/mol. The van der Waals surface area contributed by atoms with Crippen LogP contribution in [0.1, 0.15) is 27.7 Å². The lowest BCUT2D eigenvalue weighted by Gasteiger charge is -2.28. The van der Waals surface area contributed by atoms with Gasteiger partial charge in [-0.25, -0.2) is 15.0 Å². The summed E-state index contributed by atoms with van der Waals surface area (Å²) in [5.74, 6) is 1.92. The zero-order valence-electron chi connectivity index (χ0n) is 19.3. The molecule has 4 aromatic rings. The van der Waals surface area contributed by atoms with Crippen molar-refractivity contribution < 1.29 is 4.74 Å². The number of pyridine rings is 1. The zero-order valence-corrected chi connectivity index (χ0v) is 19.3. The van der Waals surface area contributed by atoms with Gasteiger partial charge in [0, 0.05) is 42.6 Å². The molecule has 8 heteroatoms. The molecule has 32 heavy (non-hydrogen) atoms. The molecule has 3 aromatic heterocycles. The highest BCUT2D eigenvalue weighted by Crippen LogP contribution is 2.32. The first-order valence-corrected chi connectivity index (χ1v) is 10.6. The molecule has 0 saturated heterocycles. The largest absolute Gasteiger partial charge is 0.495 e. The number of aryl methyl sites for hydroxylation is 1. The number of nitrogens with one attached hydrogen (secondary N) is 2. The van der Waals surface area contributed by atoms with Crippen LogP contribution in [0.5, 0.6) is 5.75 Å². The van der Waals surface area contributed by atoms with Crippen molar-refractivity contribution in [3.63, 3.8) is 0 Å². The van der Waals surface area contributed by atoms with Gasteiger partial charge in [0.1, 0.15) is 11.3 Å². The Labute approximate surface area is 188 Å². The van der Waals surface area contributed by atoms with Gasteiger partial charge in [-0.15, -0.1) is 0 Å². The van der Waals surface area contributed by atoms with Crippen molar-refractivity contribution in [3.8, 4) is 16.9 Å². The number of anilines is 3. The first kappa shape index (κ1) is 21.5. The van der Waals surface area contributed by atoms with Crippen LogP contribution in [0.15, 0.2) is 49.1 Å². The first-order chi connectivity index (χ1) is 15.2. The van der Waals surface area contributed by atoms with Gasteiger partial charge in [-0.2, -0.15) is 5.10 Å². The van der Waals surface area contributed by atoms with Crippen molar-refractivity contribution in [2.24, 2.45) is 12.5 Å². The van der Waals surface area contributed by atoms with Crippen molar-refractivity contribution in [3.05, 3.63) is 49.1 Å². The van der Waals surface area contributed by atoms with E-state index in [-0.39, 0.29) is 11.5 Å². The molecule has 0 aliphatic carbocycles. The highest BCUT2D eigenvalue weighted by Gasteiger charge is 2.21. The fourth-order valence-electron chi connectivity index (χ4n) is 3.21. The molecule has 1 atom stereocenters. The number of hydrogen-bond acceptors (Lipinski definition) is 7. The van der Waals surface area contributed by atoms with Crippen LogP contribution in [-0.4, -0.2) is 37.9 Å². The van der Waals surface area contributed by atoms with Gasteiger partial charge < -0.3 is 15.4 Å². The standard InChI is InChI=1S/C24H29N7O/c1-15(24(2,3)4)28-22-21-17(9-10-25-22)12-26-23(30-21)29-19-8-7-16(11-20(19)32-6)18-13-27-31(5)14-18/h7-15H,1-6H3,(H,25,28)(H,26,29,30). The predicted octanol–water partition coefficient (Wildman–Crippen LogP) is 5.02. The van der Waals surface area contributed by atoms with E-state index in [4.69, 9.17) is 9.72 Å². The number of nitrogens with zero attached hydrogens (tertiary/aromatic N) is 5. The fraction of sp³-hybridized carbons (Fsp3) is 0.333. The highest BCUT2D eigenvalue weighted by molar-refractivity contribution is 5.88. The van der Waals surface area contributed by atoms with E-state index in [0.717, 1.165) is 33.5 Å². The van der Waals surface area contributed by atoms with Crippen LogP contribution >= 0.6 is 0 Å². The summed E-state index contributed by atoms with van der Waals surface area (Å²) < 4.78 is 7.39. The van der Waals surface area contributed by atoms with E-state index in [1.165, 1.54) is 0 Å². The minimum Gasteiger partial charge on any atom is -0.495 e. The van der Waals surface area contributed by atoms with Crippen LogP contribution in [0.2, 0.25) is 0 Å². The van der Waals surface area contributed by atoms with E-state index in [1.54, 1.807) is 24.2 Å². The van der Waals surface area contributed by atoms with E-state index in [0.29, 0.717) is 11.7 Å². The summed E-state index contributed by atoms with van der Waals surface area (Å²) >= 11 is 0. The molecule has 0 fully saturated rings. The quantitative estimate of drug-likeness (QED) is 0.443. The number of methoxy groups -OCH3 is 1. The lowest BCUT2D eigenvalue weighted by atomic mass is 9.88. The number of fused-ring (bicyclic) bond motifs is 1. The summed E-state index contributed by atoms with van der Waals surface area (Å²) in [7, 11) is 3.54. The topological polar surface area (TPSA) is 89.8 Å². The number of ether oxygens (including phenoxy) is 1. The third-order valence-electron chi connectivity index (χ3n) is 5.64. The predicted molar refractivity (Wildman–Crippen MR) is 128 cm³/mol. The summed E-state index contributed by atoms with van der Waals surface area (Å²) in [4.78, 5) is 13.8. The number of benzene rings is 1. The van der Waals surface area contributed by atoms with Crippen molar-refractivity contribution in [2.75, 3.05) is 17.7 Å². The highest BCUT2D eigenvalue weighted by atomic mass is 16.5. The maximum Gasteiger partial charge on any atom is 0.227 e. The molecule has 0 bridgehead atoms. The van der Waals surface area contributed by atoms with Gasteiger partial charge in [-0.3, -0.25) is 4.68 Å². The van der Waals surface area contributed by atoms with E-state index < -0.39 is 0 Å². The summed E-state index contributed by atoms with van der Waals surface area (Å²) in [6.45, 7) is 8.73. The third kappa shape index (κ3) is 4.49. The molecule has 3 heterocycles. The summed E-state index contributed by atoms with van der Waals surface area (Å²) in [5.41, 5.74) is 3.68.